The van der Waals surface area contributed by atoms with Crippen LogP contribution in [-0.2, 0) is 21.0 Å². The van der Waals surface area contributed by atoms with Gasteiger partial charge in [0.1, 0.15) is 0 Å². The van der Waals surface area contributed by atoms with E-state index in [9.17, 15) is 8.42 Å². The third kappa shape index (κ3) is 5.65. The lowest BCUT2D eigenvalue weighted by Crippen LogP contribution is -2.18. The van der Waals surface area contributed by atoms with E-state index in [1.165, 1.54) is 5.56 Å². The van der Waals surface area contributed by atoms with E-state index >= 15 is 0 Å². The van der Waals surface area contributed by atoms with Gasteiger partial charge in [0.2, 0.25) is 0 Å². The molecule has 1 aromatic rings. The van der Waals surface area contributed by atoms with Crippen LogP contribution in [0.15, 0.2) is 30.3 Å². The van der Waals surface area contributed by atoms with Crippen LogP contribution in [0.25, 0.3) is 0 Å². The summed E-state index contributed by atoms with van der Waals surface area (Å²) in [6, 6.07) is 10.1. The van der Waals surface area contributed by atoms with Gasteiger partial charge < -0.3 is 4.74 Å². The minimum Gasteiger partial charge on any atom is -0.381 e. The van der Waals surface area contributed by atoms with Gasteiger partial charge in [0.15, 0.2) is 9.84 Å². The monoisotopic (exact) mass is 270 g/mol. The van der Waals surface area contributed by atoms with Crippen LogP contribution < -0.4 is 0 Å². The van der Waals surface area contributed by atoms with Crippen molar-refractivity contribution in [2.24, 2.45) is 0 Å². The standard InChI is InChI=1S/C14H22O3S/c1-13(2)18(15,16)12-6-10-17-11-9-14-7-4-3-5-8-14/h3-5,7-8,13H,6,9-12H2,1-2H3. The molecule has 1 aromatic carbocycles. The number of rotatable bonds is 8. The number of sulfone groups is 1. The highest BCUT2D eigenvalue weighted by molar-refractivity contribution is 7.91. The van der Waals surface area contributed by atoms with E-state index in [1.807, 2.05) is 18.2 Å². The molecule has 0 bridgehead atoms. The fraction of sp³-hybridized carbons (Fsp3) is 0.571. The summed E-state index contributed by atoms with van der Waals surface area (Å²) in [6.45, 7) is 4.59. The van der Waals surface area contributed by atoms with Crippen molar-refractivity contribution in [3.05, 3.63) is 35.9 Å². The van der Waals surface area contributed by atoms with Gasteiger partial charge in [-0.3, -0.25) is 0 Å². The molecule has 0 radical (unpaired) electrons. The average molecular weight is 270 g/mol. The van der Waals surface area contributed by atoms with Crippen LogP contribution in [0.5, 0.6) is 0 Å². The van der Waals surface area contributed by atoms with Crippen LogP contribution in [0.3, 0.4) is 0 Å². The van der Waals surface area contributed by atoms with E-state index in [1.54, 1.807) is 13.8 Å². The van der Waals surface area contributed by atoms with E-state index in [0.717, 1.165) is 6.42 Å². The first kappa shape index (κ1) is 15.2. The Hall–Kier alpha value is -0.870. The van der Waals surface area contributed by atoms with Crippen LogP contribution >= 0.6 is 0 Å². The second-order valence-corrected chi connectivity index (χ2v) is 7.29. The Morgan fingerprint density at radius 3 is 2.39 bits per heavy atom. The summed E-state index contributed by atoms with van der Waals surface area (Å²) in [5, 5.41) is -0.290. The zero-order valence-electron chi connectivity index (χ0n) is 11.1. The molecule has 0 aliphatic carbocycles. The SMILES string of the molecule is CC(C)S(=O)(=O)CCCOCCc1ccccc1. The second kappa shape index (κ2) is 7.54. The maximum absolute atomic E-state index is 11.5. The molecule has 0 atom stereocenters. The van der Waals surface area contributed by atoms with Gasteiger partial charge in [0.05, 0.1) is 17.6 Å². The van der Waals surface area contributed by atoms with Crippen LogP contribution in [0.1, 0.15) is 25.8 Å². The number of hydrogen-bond acceptors (Lipinski definition) is 3. The van der Waals surface area contributed by atoms with Crippen molar-refractivity contribution in [1.29, 1.82) is 0 Å². The maximum atomic E-state index is 11.5. The predicted molar refractivity (Wildman–Crippen MR) is 74.5 cm³/mol. The summed E-state index contributed by atoms with van der Waals surface area (Å²) in [5.74, 6) is 0.218. The fourth-order valence-electron chi connectivity index (χ4n) is 1.53. The molecule has 0 aliphatic heterocycles. The number of benzene rings is 1. The third-order valence-electron chi connectivity index (χ3n) is 2.81. The molecular formula is C14H22O3S. The minimum absolute atomic E-state index is 0.218. The minimum atomic E-state index is -2.92. The van der Waals surface area contributed by atoms with Gasteiger partial charge >= 0.3 is 0 Å². The molecule has 0 aliphatic rings. The zero-order chi connectivity index (χ0) is 13.4. The van der Waals surface area contributed by atoms with E-state index in [-0.39, 0.29) is 11.0 Å². The molecule has 3 nitrogen and oxygen atoms in total. The fourth-order valence-corrected chi connectivity index (χ4v) is 2.53. The first-order valence-electron chi connectivity index (χ1n) is 6.35. The molecule has 0 aromatic heterocycles. The lowest BCUT2D eigenvalue weighted by molar-refractivity contribution is 0.138. The Labute approximate surface area is 110 Å². The summed E-state index contributed by atoms with van der Waals surface area (Å²) in [7, 11) is -2.92. The quantitative estimate of drug-likeness (QED) is 0.682. The van der Waals surface area contributed by atoms with Gasteiger partial charge in [0.25, 0.3) is 0 Å². The Kier molecular flexibility index (Phi) is 6.36. The van der Waals surface area contributed by atoms with Crippen LogP contribution in [0, 0.1) is 0 Å². The Bertz CT molecular complexity index is 424. The summed E-state index contributed by atoms with van der Waals surface area (Å²) >= 11 is 0. The molecule has 18 heavy (non-hydrogen) atoms. The molecule has 0 fully saturated rings. The smallest absolute Gasteiger partial charge is 0.152 e. The van der Waals surface area contributed by atoms with Gasteiger partial charge in [-0.15, -0.1) is 0 Å². The molecule has 0 heterocycles. The molecule has 4 heteroatoms. The van der Waals surface area contributed by atoms with E-state index in [4.69, 9.17) is 4.74 Å². The predicted octanol–water partition coefficient (Wildman–Crippen LogP) is 2.46. The van der Waals surface area contributed by atoms with Crippen LogP contribution in [0.4, 0.5) is 0 Å². The summed E-state index contributed by atoms with van der Waals surface area (Å²) in [4.78, 5) is 0. The highest BCUT2D eigenvalue weighted by Crippen LogP contribution is 2.03. The molecule has 0 amide bonds. The largest absolute Gasteiger partial charge is 0.381 e. The van der Waals surface area contributed by atoms with Gasteiger partial charge in [-0.05, 0) is 32.3 Å². The third-order valence-corrected chi connectivity index (χ3v) is 5.11. The molecular weight excluding hydrogens is 248 g/mol. The molecule has 0 unspecified atom stereocenters. The first-order chi connectivity index (χ1) is 8.52. The highest BCUT2D eigenvalue weighted by Gasteiger charge is 2.14. The lowest BCUT2D eigenvalue weighted by Gasteiger charge is -2.08. The average Bonchev–Trinajstić information content (AvgIpc) is 2.34. The Balaban J connectivity index is 2.10. The first-order valence-corrected chi connectivity index (χ1v) is 8.07. The van der Waals surface area contributed by atoms with E-state index in [2.05, 4.69) is 12.1 Å². The molecule has 0 N–H and O–H groups in total. The maximum Gasteiger partial charge on any atom is 0.152 e. The van der Waals surface area contributed by atoms with Crippen molar-refractivity contribution in [1.82, 2.24) is 0 Å². The van der Waals surface area contributed by atoms with Crippen LogP contribution in [-0.4, -0.2) is 32.6 Å². The van der Waals surface area contributed by atoms with Crippen molar-refractivity contribution in [2.75, 3.05) is 19.0 Å². The van der Waals surface area contributed by atoms with Gasteiger partial charge in [-0.2, -0.15) is 0 Å². The van der Waals surface area contributed by atoms with E-state index < -0.39 is 9.84 Å². The molecule has 0 saturated heterocycles. The topological polar surface area (TPSA) is 43.4 Å². The molecule has 0 spiro atoms. The lowest BCUT2D eigenvalue weighted by atomic mass is 10.2. The zero-order valence-corrected chi connectivity index (χ0v) is 11.9. The second-order valence-electron chi connectivity index (χ2n) is 4.62. The van der Waals surface area contributed by atoms with Gasteiger partial charge in [-0.25, -0.2) is 8.42 Å². The van der Waals surface area contributed by atoms with E-state index in [0.29, 0.717) is 19.6 Å². The number of ether oxygens (including phenoxy) is 1. The van der Waals surface area contributed by atoms with Gasteiger partial charge in [-0.1, -0.05) is 30.3 Å². The summed E-state index contributed by atoms with van der Waals surface area (Å²) in [6.07, 6.45) is 1.45. The van der Waals surface area contributed by atoms with Crippen molar-refractivity contribution >= 4 is 9.84 Å². The number of hydrogen-bond donors (Lipinski definition) is 0. The molecule has 0 saturated carbocycles. The van der Waals surface area contributed by atoms with Crippen molar-refractivity contribution in [2.45, 2.75) is 31.9 Å². The normalized spacial score (nSPS) is 11.9. The summed E-state index contributed by atoms with van der Waals surface area (Å²) < 4.78 is 28.5. The molecule has 102 valence electrons. The van der Waals surface area contributed by atoms with Crippen molar-refractivity contribution in [3.63, 3.8) is 0 Å². The van der Waals surface area contributed by atoms with Gasteiger partial charge in [0, 0.05) is 6.61 Å². The van der Waals surface area contributed by atoms with Crippen molar-refractivity contribution in [3.8, 4) is 0 Å². The Morgan fingerprint density at radius 1 is 1.11 bits per heavy atom. The Morgan fingerprint density at radius 2 is 1.78 bits per heavy atom. The van der Waals surface area contributed by atoms with Crippen LogP contribution in [0.2, 0.25) is 0 Å². The summed E-state index contributed by atoms with van der Waals surface area (Å²) in [5.41, 5.74) is 1.24. The molecule has 1 rings (SSSR count). The van der Waals surface area contributed by atoms with Crippen molar-refractivity contribution < 1.29 is 13.2 Å². The highest BCUT2D eigenvalue weighted by atomic mass is 32.2.